The normalized spacial score (nSPS) is 13.9. The molecule has 0 spiro atoms. The van der Waals surface area contributed by atoms with Gasteiger partial charge in [-0.1, -0.05) is 6.07 Å². The summed E-state index contributed by atoms with van der Waals surface area (Å²) in [6.07, 6.45) is 1.88. The first-order chi connectivity index (χ1) is 16.0. The van der Waals surface area contributed by atoms with E-state index in [9.17, 15) is 17.2 Å². The van der Waals surface area contributed by atoms with Gasteiger partial charge in [-0.3, -0.25) is 4.57 Å². The zero-order chi connectivity index (χ0) is 25.0. The third-order valence-electron chi connectivity index (χ3n) is 5.03. The summed E-state index contributed by atoms with van der Waals surface area (Å²) in [7, 11) is -2.61. The highest BCUT2D eigenvalue weighted by Gasteiger charge is 2.36. The van der Waals surface area contributed by atoms with Crippen molar-refractivity contribution in [3.8, 4) is 5.69 Å². The number of nitrogens with zero attached hydrogens (tertiary/aromatic N) is 5. The maximum atomic E-state index is 14.6. The van der Waals surface area contributed by atoms with E-state index in [1.165, 1.54) is 20.1 Å². The summed E-state index contributed by atoms with van der Waals surface area (Å²) in [5.41, 5.74) is 0.336. The fraction of sp³-hybridized carbons (Fsp3) is 0.455. The number of aryl methyl sites for hydroxylation is 1. The average molecular weight is 496 g/mol. The van der Waals surface area contributed by atoms with Crippen molar-refractivity contribution in [1.29, 1.82) is 0 Å². The van der Waals surface area contributed by atoms with Crippen molar-refractivity contribution in [2.24, 2.45) is 0 Å². The van der Waals surface area contributed by atoms with E-state index in [0.29, 0.717) is 0 Å². The third kappa shape index (κ3) is 5.62. The molecule has 0 amide bonds. The minimum Gasteiger partial charge on any atom is -0.377 e. The Morgan fingerprint density at radius 3 is 2.18 bits per heavy atom. The van der Waals surface area contributed by atoms with E-state index in [1.807, 2.05) is 6.92 Å². The van der Waals surface area contributed by atoms with Crippen molar-refractivity contribution < 1.29 is 26.7 Å². The highest BCUT2D eigenvalue weighted by Crippen LogP contribution is 2.28. The number of hydrogen-bond donors (Lipinski definition) is 0. The van der Waals surface area contributed by atoms with Crippen LogP contribution in [0.25, 0.3) is 5.69 Å². The van der Waals surface area contributed by atoms with E-state index in [0.717, 1.165) is 22.3 Å². The third-order valence-corrected chi connectivity index (χ3v) is 7.07. The van der Waals surface area contributed by atoms with E-state index < -0.39 is 44.3 Å². The molecule has 2 heterocycles. The molecular weight excluding hydrogens is 468 g/mol. The van der Waals surface area contributed by atoms with Crippen molar-refractivity contribution in [2.45, 2.75) is 57.5 Å². The number of sulfone groups is 1. The smallest absolute Gasteiger partial charge is 0.163 e. The van der Waals surface area contributed by atoms with Crippen LogP contribution in [0, 0.1) is 18.6 Å². The zero-order valence-corrected chi connectivity index (χ0v) is 20.4. The summed E-state index contributed by atoms with van der Waals surface area (Å²) in [4.78, 5) is 8.48. The minimum absolute atomic E-state index is 0.0567. The van der Waals surface area contributed by atoms with Crippen molar-refractivity contribution in [1.82, 2.24) is 24.7 Å². The molecule has 0 saturated heterocycles. The standard InChI is InChI=1S/C22H27F2N5O4S/c1-13(2)33-21(22-25-9-14(3)10-26-22)15(4)34(30,31)12-19-28-27-18(11-32-5)29(19)20-16(23)7-6-8-17(20)24/h6-10,13,15,21H,11-12H2,1-5H3/t15-,21+/m0/s1. The SMILES string of the molecule is COCc1nnc(CS(=O)(=O)[C@@H](C)[C@@H](OC(C)C)c2ncc(C)cn2)n1-c1c(F)cccc1F. The molecular formula is C22H27F2N5O4S. The Morgan fingerprint density at radius 1 is 1.03 bits per heavy atom. The van der Waals surface area contributed by atoms with Crippen LogP contribution in [0.15, 0.2) is 30.6 Å². The van der Waals surface area contributed by atoms with Crippen LogP contribution < -0.4 is 0 Å². The Kier molecular flexibility index (Phi) is 8.05. The summed E-state index contributed by atoms with van der Waals surface area (Å²) in [5, 5.41) is 6.72. The summed E-state index contributed by atoms with van der Waals surface area (Å²) in [6.45, 7) is 6.71. The molecule has 9 nitrogen and oxygen atoms in total. The van der Waals surface area contributed by atoms with E-state index >= 15 is 0 Å². The van der Waals surface area contributed by atoms with Crippen LogP contribution in [0.2, 0.25) is 0 Å². The maximum absolute atomic E-state index is 14.6. The summed E-state index contributed by atoms with van der Waals surface area (Å²) in [5.74, 6) is -2.31. The first-order valence-electron chi connectivity index (χ1n) is 10.6. The topological polar surface area (TPSA) is 109 Å². The van der Waals surface area contributed by atoms with Gasteiger partial charge < -0.3 is 9.47 Å². The molecule has 2 atom stereocenters. The van der Waals surface area contributed by atoms with Crippen molar-refractivity contribution in [3.63, 3.8) is 0 Å². The molecule has 0 aliphatic heterocycles. The van der Waals surface area contributed by atoms with Gasteiger partial charge in [-0.2, -0.15) is 0 Å². The Labute approximate surface area is 197 Å². The van der Waals surface area contributed by atoms with Gasteiger partial charge in [0.2, 0.25) is 0 Å². The van der Waals surface area contributed by atoms with Gasteiger partial charge in [0.25, 0.3) is 0 Å². The quantitative estimate of drug-likeness (QED) is 0.422. The lowest BCUT2D eigenvalue weighted by atomic mass is 10.2. The lowest BCUT2D eigenvalue weighted by Crippen LogP contribution is -2.32. The highest BCUT2D eigenvalue weighted by atomic mass is 32.2. The molecule has 0 bridgehead atoms. The minimum atomic E-state index is -3.99. The van der Waals surface area contributed by atoms with Gasteiger partial charge >= 0.3 is 0 Å². The average Bonchev–Trinajstić information content (AvgIpc) is 3.13. The second kappa shape index (κ2) is 10.6. The van der Waals surface area contributed by atoms with Crippen LogP contribution in [0.4, 0.5) is 8.78 Å². The van der Waals surface area contributed by atoms with E-state index in [1.54, 1.807) is 26.2 Å². The number of ether oxygens (including phenoxy) is 2. The highest BCUT2D eigenvalue weighted by molar-refractivity contribution is 7.91. The van der Waals surface area contributed by atoms with Crippen LogP contribution in [0.3, 0.4) is 0 Å². The molecule has 34 heavy (non-hydrogen) atoms. The lowest BCUT2D eigenvalue weighted by Gasteiger charge is -2.25. The number of halogens is 2. The Hall–Kier alpha value is -2.83. The second-order valence-corrected chi connectivity index (χ2v) is 10.5. The van der Waals surface area contributed by atoms with Gasteiger partial charge in [0.15, 0.2) is 27.3 Å². The van der Waals surface area contributed by atoms with Gasteiger partial charge in [0, 0.05) is 19.5 Å². The summed E-state index contributed by atoms with van der Waals surface area (Å²) in [6, 6.07) is 3.34. The second-order valence-electron chi connectivity index (χ2n) is 8.11. The van der Waals surface area contributed by atoms with E-state index in [2.05, 4.69) is 20.2 Å². The molecule has 2 aromatic heterocycles. The van der Waals surface area contributed by atoms with Gasteiger partial charge in [-0.05, 0) is 45.4 Å². The first-order valence-corrected chi connectivity index (χ1v) is 12.3. The van der Waals surface area contributed by atoms with Crippen molar-refractivity contribution >= 4 is 9.84 Å². The Bertz CT molecular complexity index is 1210. The maximum Gasteiger partial charge on any atom is 0.163 e. The Balaban J connectivity index is 2.03. The first kappa shape index (κ1) is 25.8. The molecule has 3 aromatic rings. The molecule has 3 rings (SSSR count). The van der Waals surface area contributed by atoms with E-state index in [4.69, 9.17) is 9.47 Å². The van der Waals surface area contributed by atoms with Crippen LogP contribution in [0.1, 0.15) is 49.9 Å². The van der Waals surface area contributed by atoms with Crippen LogP contribution in [-0.2, 0) is 31.7 Å². The molecule has 0 saturated carbocycles. The fourth-order valence-corrected chi connectivity index (χ4v) is 4.73. The van der Waals surface area contributed by atoms with Gasteiger partial charge in [-0.25, -0.2) is 27.2 Å². The molecule has 0 radical (unpaired) electrons. The van der Waals surface area contributed by atoms with Gasteiger partial charge in [0.1, 0.15) is 35.8 Å². The Morgan fingerprint density at radius 2 is 1.62 bits per heavy atom. The van der Waals surface area contributed by atoms with Crippen LogP contribution in [0.5, 0.6) is 0 Å². The van der Waals surface area contributed by atoms with E-state index in [-0.39, 0.29) is 30.2 Å². The van der Waals surface area contributed by atoms with Crippen molar-refractivity contribution in [3.05, 3.63) is 65.3 Å². The molecule has 184 valence electrons. The number of benzene rings is 1. The number of hydrogen-bond acceptors (Lipinski definition) is 8. The number of para-hydroxylation sites is 1. The summed E-state index contributed by atoms with van der Waals surface area (Å²) < 4.78 is 68.0. The largest absolute Gasteiger partial charge is 0.377 e. The lowest BCUT2D eigenvalue weighted by molar-refractivity contribution is 0.00141. The van der Waals surface area contributed by atoms with Crippen molar-refractivity contribution in [2.75, 3.05) is 7.11 Å². The zero-order valence-electron chi connectivity index (χ0n) is 19.6. The van der Waals surface area contributed by atoms with Gasteiger partial charge in [-0.15, -0.1) is 10.2 Å². The van der Waals surface area contributed by atoms with Gasteiger partial charge in [0.05, 0.1) is 11.4 Å². The van der Waals surface area contributed by atoms with Crippen LogP contribution in [-0.4, -0.2) is 51.6 Å². The molecule has 0 N–H and O–H groups in total. The molecule has 12 heteroatoms. The fourth-order valence-electron chi connectivity index (χ4n) is 3.35. The molecule has 0 aliphatic carbocycles. The number of methoxy groups -OCH3 is 1. The number of rotatable bonds is 10. The monoisotopic (exact) mass is 495 g/mol. The predicted octanol–water partition coefficient (Wildman–Crippen LogP) is 3.26. The molecule has 0 unspecified atom stereocenters. The summed E-state index contributed by atoms with van der Waals surface area (Å²) >= 11 is 0. The molecule has 1 aromatic carbocycles. The predicted molar refractivity (Wildman–Crippen MR) is 120 cm³/mol. The molecule has 0 aliphatic rings. The van der Waals surface area contributed by atoms with Crippen LogP contribution >= 0.6 is 0 Å². The number of aromatic nitrogens is 5. The molecule has 0 fully saturated rings.